The quantitative estimate of drug-likeness (QED) is 0.702. The number of carbonyl (C=O) groups excluding carboxylic acids is 2. The van der Waals surface area contributed by atoms with E-state index in [4.69, 9.17) is 4.74 Å². The monoisotopic (exact) mass is 421 g/mol. The van der Waals surface area contributed by atoms with Crippen LogP contribution in [-0.4, -0.2) is 34.4 Å². The number of hydrogen-bond acceptors (Lipinski definition) is 5. The number of Topliss-reactive ketones (excluding diaryl/α,β-unsaturated/α-hetero) is 1. The molecule has 1 unspecified atom stereocenters. The van der Waals surface area contributed by atoms with Gasteiger partial charge in [-0.2, -0.15) is 13.2 Å². The molecular formula is C21H22F3N3O3. The molecular weight excluding hydrogens is 399 g/mol. The number of ether oxygens (including phenoxy) is 1. The summed E-state index contributed by atoms with van der Waals surface area (Å²) in [5, 5.41) is 2.80. The summed E-state index contributed by atoms with van der Waals surface area (Å²) in [6.07, 6.45) is 0.413. The van der Waals surface area contributed by atoms with Gasteiger partial charge in [-0.05, 0) is 56.0 Å². The van der Waals surface area contributed by atoms with Crippen LogP contribution in [0.2, 0.25) is 0 Å². The first-order chi connectivity index (χ1) is 14.1. The molecule has 160 valence electrons. The van der Waals surface area contributed by atoms with E-state index < -0.39 is 18.7 Å². The van der Waals surface area contributed by atoms with Gasteiger partial charge < -0.3 is 10.1 Å². The first-order valence-corrected chi connectivity index (χ1v) is 9.57. The highest BCUT2D eigenvalue weighted by atomic mass is 19.4. The second kappa shape index (κ2) is 8.81. The molecule has 0 saturated heterocycles. The van der Waals surface area contributed by atoms with Crippen LogP contribution in [0, 0.1) is 12.8 Å². The number of carbonyl (C=O) groups is 2. The third-order valence-electron chi connectivity index (χ3n) is 4.76. The van der Waals surface area contributed by atoms with E-state index in [0.29, 0.717) is 11.3 Å². The van der Waals surface area contributed by atoms with Gasteiger partial charge in [-0.3, -0.25) is 14.6 Å². The van der Waals surface area contributed by atoms with Crippen LogP contribution in [0.3, 0.4) is 0 Å². The lowest BCUT2D eigenvalue weighted by atomic mass is 10.1. The second-order valence-electron chi connectivity index (χ2n) is 7.43. The molecule has 0 spiro atoms. The predicted octanol–water partition coefficient (Wildman–Crippen LogP) is 3.74. The topological polar surface area (TPSA) is 81.2 Å². The number of aromatic nitrogens is 2. The van der Waals surface area contributed by atoms with Crippen molar-refractivity contribution in [3.8, 4) is 5.75 Å². The Balaban J connectivity index is 1.62. The molecule has 6 nitrogen and oxygen atoms in total. The first-order valence-electron chi connectivity index (χ1n) is 9.57. The van der Waals surface area contributed by atoms with Gasteiger partial charge in [0.15, 0.2) is 6.61 Å². The molecule has 2 aromatic heterocycles. The van der Waals surface area contributed by atoms with E-state index in [-0.39, 0.29) is 35.6 Å². The molecule has 1 aliphatic rings. The molecule has 2 aromatic rings. The Kier molecular flexibility index (Phi) is 6.38. The molecule has 1 saturated carbocycles. The number of pyridine rings is 2. The minimum absolute atomic E-state index is 0.0315. The third kappa shape index (κ3) is 6.01. The molecule has 3 rings (SSSR count). The van der Waals surface area contributed by atoms with E-state index in [1.165, 1.54) is 6.07 Å². The zero-order valence-electron chi connectivity index (χ0n) is 16.6. The van der Waals surface area contributed by atoms with Gasteiger partial charge in [0, 0.05) is 24.2 Å². The summed E-state index contributed by atoms with van der Waals surface area (Å²) >= 11 is 0. The number of aryl methyl sites for hydroxylation is 1. The van der Waals surface area contributed by atoms with Crippen molar-refractivity contribution in [2.45, 2.75) is 45.3 Å². The summed E-state index contributed by atoms with van der Waals surface area (Å²) < 4.78 is 41.6. The van der Waals surface area contributed by atoms with Crippen molar-refractivity contribution in [3.05, 3.63) is 53.1 Å². The molecule has 9 heteroatoms. The number of halogens is 3. The van der Waals surface area contributed by atoms with Crippen LogP contribution >= 0.6 is 0 Å². The Morgan fingerprint density at radius 1 is 1.27 bits per heavy atom. The smallest absolute Gasteiger partial charge is 0.422 e. The highest BCUT2D eigenvalue weighted by Crippen LogP contribution is 2.31. The standard InChI is InChI=1S/C21H22F3N3O3/c1-12-7-17(26-10-19(12)30-11-21(22,23)24)20(29)27-13(2)15-5-6-25-16(8-15)9-18(28)14-3-4-14/h5-8,10,13-14H,3-4,9,11H2,1-2H3,(H,27,29). The van der Waals surface area contributed by atoms with Gasteiger partial charge in [-0.1, -0.05) is 0 Å². The summed E-state index contributed by atoms with van der Waals surface area (Å²) in [5.41, 5.74) is 1.89. The van der Waals surface area contributed by atoms with E-state index >= 15 is 0 Å². The first kappa shape index (κ1) is 21.7. The minimum Gasteiger partial charge on any atom is -0.482 e. The lowest BCUT2D eigenvalue weighted by Gasteiger charge is -2.16. The van der Waals surface area contributed by atoms with Gasteiger partial charge in [-0.25, -0.2) is 4.98 Å². The fourth-order valence-electron chi connectivity index (χ4n) is 2.92. The molecule has 1 atom stereocenters. The van der Waals surface area contributed by atoms with Crippen LogP contribution in [0.15, 0.2) is 30.6 Å². The Morgan fingerprint density at radius 3 is 2.63 bits per heavy atom. The number of hydrogen-bond donors (Lipinski definition) is 1. The molecule has 0 aromatic carbocycles. The molecule has 0 aliphatic heterocycles. The van der Waals surface area contributed by atoms with Gasteiger partial charge >= 0.3 is 6.18 Å². The molecule has 0 radical (unpaired) electrons. The maximum atomic E-state index is 12.5. The van der Waals surface area contributed by atoms with Gasteiger partial charge in [0.2, 0.25) is 0 Å². The summed E-state index contributed by atoms with van der Waals surface area (Å²) in [5.74, 6) is -0.162. The number of nitrogens with zero attached hydrogens (tertiary/aromatic N) is 2. The number of ketones is 1. The highest BCUT2D eigenvalue weighted by Gasteiger charge is 2.30. The Morgan fingerprint density at radius 2 is 2.00 bits per heavy atom. The molecule has 1 N–H and O–H groups in total. The van der Waals surface area contributed by atoms with E-state index in [9.17, 15) is 22.8 Å². The summed E-state index contributed by atoms with van der Waals surface area (Å²) in [6, 6.07) is 4.54. The fourth-order valence-corrected chi connectivity index (χ4v) is 2.92. The maximum absolute atomic E-state index is 12.5. The van der Waals surface area contributed by atoms with Crippen LogP contribution in [0.5, 0.6) is 5.75 Å². The normalized spacial score (nSPS) is 14.8. The van der Waals surface area contributed by atoms with Crippen molar-refractivity contribution in [1.29, 1.82) is 0 Å². The largest absolute Gasteiger partial charge is 0.482 e. The van der Waals surface area contributed by atoms with Crippen molar-refractivity contribution in [1.82, 2.24) is 15.3 Å². The van der Waals surface area contributed by atoms with E-state index in [0.717, 1.165) is 24.6 Å². The average molecular weight is 421 g/mol. The van der Waals surface area contributed by atoms with Gasteiger partial charge in [0.1, 0.15) is 17.2 Å². The third-order valence-corrected chi connectivity index (χ3v) is 4.76. The van der Waals surface area contributed by atoms with Crippen molar-refractivity contribution in [3.63, 3.8) is 0 Å². The summed E-state index contributed by atoms with van der Waals surface area (Å²) in [4.78, 5) is 32.6. The minimum atomic E-state index is -4.45. The zero-order valence-corrected chi connectivity index (χ0v) is 16.6. The van der Waals surface area contributed by atoms with Crippen LogP contribution in [-0.2, 0) is 11.2 Å². The van der Waals surface area contributed by atoms with Crippen molar-refractivity contribution in [2.75, 3.05) is 6.61 Å². The van der Waals surface area contributed by atoms with Crippen LogP contribution in [0.25, 0.3) is 0 Å². The van der Waals surface area contributed by atoms with E-state index in [2.05, 4.69) is 15.3 Å². The summed E-state index contributed by atoms with van der Waals surface area (Å²) in [6.45, 7) is 1.90. The average Bonchev–Trinajstić information content (AvgIpc) is 3.51. The number of amides is 1. The van der Waals surface area contributed by atoms with Crippen LogP contribution in [0.1, 0.15) is 53.1 Å². The highest BCUT2D eigenvalue weighted by molar-refractivity contribution is 5.92. The SMILES string of the molecule is Cc1cc(C(=O)NC(C)c2ccnc(CC(=O)C3CC3)c2)ncc1OCC(F)(F)F. The Hall–Kier alpha value is -2.97. The lowest BCUT2D eigenvalue weighted by Crippen LogP contribution is -2.27. The molecule has 2 heterocycles. The van der Waals surface area contributed by atoms with Crippen molar-refractivity contribution >= 4 is 11.7 Å². The van der Waals surface area contributed by atoms with Crippen molar-refractivity contribution < 1.29 is 27.5 Å². The lowest BCUT2D eigenvalue weighted by molar-refractivity contribution is -0.153. The molecule has 1 aliphatic carbocycles. The fraction of sp³-hybridized carbons (Fsp3) is 0.429. The molecule has 1 fully saturated rings. The molecule has 0 bridgehead atoms. The zero-order chi connectivity index (χ0) is 21.9. The van der Waals surface area contributed by atoms with Crippen LogP contribution in [0.4, 0.5) is 13.2 Å². The maximum Gasteiger partial charge on any atom is 0.422 e. The second-order valence-corrected chi connectivity index (χ2v) is 7.43. The van der Waals surface area contributed by atoms with E-state index in [1.807, 2.05) is 0 Å². The van der Waals surface area contributed by atoms with Gasteiger partial charge in [-0.15, -0.1) is 0 Å². The van der Waals surface area contributed by atoms with Crippen molar-refractivity contribution in [2.24, 2.45) is 5.92 Å². The van der Waals surface area contributed by atoms with Crippen LogP contribution < -0.4 is 10.1 Å². The van der Waals surface area contributed by atoms with Gasteiger partial charge in [0.25, 0.3) is 5.91 Å². The number of rotatable bonds is 8. The molecule has 1 amide bonds. The van der Waals surface area contributed by atoms with E-state index in [1.54, 1.807) is 32.2 Å². The predicted molar refractivity (Wildman–Crippen MR) is 102 cm³/mol. The molecule has 30 heavy (non-hydrogen) atoms. The number of nitrogens with one attached hydrogen (secondary N) is 1. The Labute approximate surface area is 171 Å². The number of alkyl halides is 3. The summed E-state index contributed by atoms with van der Waals surface area (Å²) in [7, 11) is 0. The van der Waals surface area contributed by atoms with Gasteiger partial charge in [0.05, 0.1) is 12.2 Å². The Bertz CT molecular complexity index is 943.